The fraction of sp³-hybridized carbons (Fsp3) is 0. The van der Waals surface area contributed by atoms with Gasteiger partial charge in [-0.05, 0) is 34.2 Å². The largest absolute Gasteiger partial charge is 0.450 e. The Labute approximate surface area is 113 Å². The molecule has 1 aromatic rings. The molecule has 0 saturated carbocycles. The van der Waals surface area contributed by atoms with Crippen LogP contribution in [0.25, 0.3) is 6.08 Å². The number of furan rings is 1. The summed E-state index contributed by atoms with van der Waals surface area (Å²) in [5.74, 6) is 0.344. The molecule has 0 aliphatic carbocycles. The molecule has 1 aromatic heterocycles. The molecule has 15 heavy (non-hydrogen) atoms. The van der Waals surface area contributed by atoms with Gasteiger partial charge in [0.15, 0.2) is 8.88 Å². The minimum atomic E-state index is -0.248. The SMILES string of the molecule is O=C1NC(=S)N/C1=C/c1cc(Br)c(I)o1. The monoisotopic (exact) mass is 398 g/mol. The van der Waals surface area contributed by atoms with E-state index in [0.29, 0.717) is 16.6 Å². The molecule has 2 rings (SSSR count). The first kappa shape index (κ1) is 11.1. The molecule has 78 valence electrons. The molecule has 1 fully saturated rings. The summed E-state index contributed by atoms with van der Waals surface area (Å²) in [6.45, 7) is 0. The van der Waals surface area contributed by atoms with E-state index in [1.165, 1.54) is 0 Å². The summed E-state index contributed by atoms with van der Waals surface area (Å²) in [5.41, 5.74) is 0.387. The smallest absolute Gasteiger partial charge is 0.274 e. The van der Waals surface area contributed by atoms with Crippen LogP contribution in [0.3, 0.4) is 0 Å². The zero-order chi connectivity index (χ0) is 11.0. The molecule has 0 aromatic carbocycles. The maximum Gasteiger partial charge on any atom is 0.274 e. The molecule has 1 amide bonds. The van der Waals surface area contributed by atoms with E-state index >= 15 is 0 Å². The first-order valence-electron chi connectivity index (χ1n) is 3.85. The van der Waals surface area contributed by atoms with Crippen LogP contribution in [0.2, 0.25) is 0 Å². The highest BCUT2D eigenvalue weighted by atomic mass is 127. The van der Waals surface area contributed by atoms with Crippen molar-refractivity contribution in [3.8, 4) is 0 Å². The van der Waals surface area contributed by atoms with Crippen molar-refractivity contribution in [1.82, 2.24) is 10.6 Å². The third-order valence-corrected chi connectivity index (χ3v) is 4.01. The zero-order valence-corrected chi connectivity index (χ0v) is 11.7. The lowest BCUT2D eigenvalue weighted by Crippen LogP contribution is -2.21. The number of carbonyl (C=O) groups excluding carboxylic acids is 1. The molecule has 0 unspecified atom stereocenters. The van der Waals surface area contributed by atoms with Crippen LogP contribution in [0.4, 0.5) is 0 Å². The summed E-state index contributed by atoms with van der Waals surface area (Å²) in [5, 5.41) is 5.51. The minimum absolute atomic E-state index is 0.248. The van der Waals surface area contributed by atoms with Gasteiger partial charge in [0.2, 0.25) is 0 Å². The number of nitrogens with one attached hydrogen (secondary N) is 2. The summed E-state index contributed by atoms with van der Waals surface area (Å²) in [4.78, 5) is 11.3. The molecule has 1 saturated heterocycles. The predicted molar refractivity (Wildman–Crippen MR) is 71.0 cm³/mol. The molecule has 1 aliphatic rings. The standard InChI is InChI=1S/C8H4BrIN2O2S/c9-4-1-3(14-6(4)10)2-5-7(13)12-8(15)11-5/h1-2H,(H2,11,12,13,15)/b5-2+. The van der Waals surface area contributed by atoms with E-state index in [-0.39, 0.29) is 5.91 Å². The van der Waals surface area contributed by atoms with Gasteiger partial charge < -0.3 is 9.73 Å². The van der Waals surface area contributed by atoms with Crippen molar-refractivity contribution in [3.05, 3.63) is 25.8 Å². The molecular formula is C8H4BrIN2O2S. The Morgan fingerprint density at radius 1 is 1.53 bits per heavy atom. The van der Waals surface area contributed by atoms with Crippen LogP contribution in [0, 0.1) is 3.77 Å². The van der Waals surface area contributed by atoms with Gasteiger partial charge in [-0.15, -0.1) is 0 Å². The summed E-state index contributed by atoms with van der Waals surface area (Å²) in [6, 6.07) is 1.78. The maximum atomic E-state index is 11.3. The van der Waals surface area contributed by atoms with Crippen molar-refractivity contribution in [3.63, 3.8) is 0 Å². The average Bonchev–Trinajstić information content (AvgIpc) is 2.59. The van der Waals surface area contributed by atoms with Crippen molar-refractivity contribution >= 4 is 67.8 Å². The lowest BCUT2D eigenvalue weighted by Gasteiger charge is -1.91. The fourth-order valence-electron chi connectivity index (χ4n) is 1.06. The van der Waals surface area contributed by atoms with Gasteiger partial charge in [0.1, 0.15) is 11.5 Å². The van der Waals surface area contributed by atoms with Crippen LogP contribution in [0.15, 0.2) is 20.7 Å². The van der Waals surface area contributed by atoms with Crippen molar-refractivity contribution < 1.29 is 9.21 Å². The second-order valence-corrected chi connectivity index (χ2v) is 4.98. The van der Waals surface area contributed by atoms with Gasteiger partial charge in [-0.1, -0.05) is 0 Å². The van der Waals surface area contributed by atoms with Crippen LogP contribution in [0.1, 0.15) is 5.76 Å². The van der Waals surface area contributed by atoms with Crippen molar-refractivity contribution in [2.45, 2.75) is 0 Å². The lowest BCUT2D eigenvalue weighted by molar-refractivity contribution is -0.115. The van der Waals surface area contributed by atoms with Crippen molar-refractivity contribution in [2.75, 3.05) is 0 Å². The van der Waals surface area contributed by atoms with Crippen molar-refractivity contribution in [2.24, 2.45) is 0 Å². The molecule has 7 heteroatoms. The van der Waals surface area contributed by atoms with E-state index < -0.39 is 0 Å². The first-order valence-corrected chi connectivity index (χ1v) is 6.13. The Morgan fingerprint density at radius 3 is 2.73 bits per heavy atom. The molecule has 0 radical (unpaired) electrons. The van der Waals surface area contributed by atoms with Crippen LogP contribution < -0.4 is 10.6 Å². The van der Waals surface area contributed by atoms with E-state index in [1.807, 2.05) is 0 Å². The Morgan fingerprint density at radius 2 is 2.27 bits per heavy atom. The number of rotatable bonds is 1. The van der Waals surface area contributed by atoms with Gasteiger partial charge in [0, 0.05) is 28.7 Å². The molecular weight excluding hydrogens is 395 g/mol. The normalized spacial score (nSPS) is 18.1. The number of hydrogen-bond acceptors (Lipinski definition) is 3. The highest BCUT2D eigenvalue weighted by molar-refractivity contribution is 14.1. The highest BCUT2D eigenvalue weighted by Crippen LogP contribution is 2.24. The molecule has 1 aliphatic heterocycles. The van der Waals surface area contributed by atoms with E-state index in [1.54, 1.807) is 12.1 Å². The molecule has 4 nitrogen and oxygen atoms in total. The summed E-state index contributed by atoms with van der Waals surface area (Å²) >= 11 is 10.2. The first-order chi connectivity index (χ1) is 7.06. The quantitative estimate of drug-likeness (QED) is 0.431. The number of hydrogen-bond donors (Lipinski definition) is 2. The fourth-order valence-corrected chi connectivity index (χ4v) is 1.98. The summed E-state index contributed by atoms with van der Waals surface area (Å²) < 4.78 is 6.95. The van der Waals surface area contributed by atoms with Gasteiger partial charge >= 0.3 is 0 Å². The number of carbonyl (C=O) groups is 1. The number of thiocarbonyl (C=S) groups is 1. The van der Waals surface area contributed by atoms with Gasteiger partial charge in [-0.2, -0.15) is 0 Å². The van der Waals surface area contributed by atoms with Gasteiger partial charge in [-0.25, -0.2) is 0 Å². The molecule has 0 spiro atoms. The highest BCUT2D eigenvalue weighted by Gasteiger charge is 2.20. The second-order valence-electron chi connectivity index (χ2n) is 2.74. The molecule has 2 N–H and O–H groups in total. The minimum Gasteiger partial charge on any atom is -0.450 e. The predicted octanol–water partition coefficient (Wildman–Crippen LogP) is 1.99. The van der Waals surface area contributed by atoms with Gasteiger partial charge in [0.25, 0.3) is 5.91 Å². The van der Waals surface area contributed by atoms with E-state index in [0.717, 1.165) is 8.24 Å². The maximum absolute atomic E-state index is 11.3. The lowest BCUT2D eigenvalue weighted by atomic mass is 10.3. The Balaban J connectivity index is 2.30. The van der Waals surface area contributed by atoms with Crippen LogP contribution in [-0.2, 0) is 4.79 Å². The average molecular weight is 399 g/mol. The third-order valence-electron chi connectivity index (χ3n) is 1.67. The Hall–Kier alpha value is -0.410. The van der Waals surface area contributed by atoms with Crippen molar-refractivity contribution in [1.29, 1.82) is 0 Å². The molecule has 0 atom stereocenters. The second kappa shape index (κ2) is 4.22. The van der Waals surface area contributed by atoms with Crippen LogP contribution >= 0.6 is 50.7 Å². The topological polar surface area (TPSA) is 54.3 Å². The van der Waals surface area contributed by atoms with Gasteiger partial charge in [-0.3, -0.25) is 10.1 Å². The molecule has 2 heterocycles. The van der Waals surface area contributed by atoms with Crippen LogP contribution in [-0.4, -0.2) is 11.0 Å². The number of amides is 1. The Bertz CT molecular complexity index is 463. The summed E-state index contributed by atoms with van der Waals surface area (Å²) in [7, 11) is 0. The van der Waals surface area contributed by atoms with Gasteiger partial charge in [0.05, 0.1) is 4.47 Å². The third kappa shape index (κ3) is 2.40. The molecule has 0 bridgehead atoms. The van der Waals surface area contributed by atoms with E-state index in [4.69, 9.17) is 16.6 Å². The Kier molecular flexibility index (Phi) is 3.12. The summed E-state index contributed by atoms with van der Waals surface area (Å²) in [6.07, 6.45) is 1.60. The van der Waals surface area contributed by atoms with Crippen LogP contribution in [0.5, 0.6) is 0 Å². The zero-order valence-electron chi connectivity index (χ0n) is 7.14. The van der Waals surface area contributed by atoms with E-state index in [9.17, 15) is 4.79 Å². The number of halogens is 2. The van der Waals surface area contributed by atoms with E-state index in [2.05, 4.69) is 49.2 Å².